The summed E-state index contributed by atoms with van der Waals surface area (Å²) in [5.74, 6) is -0.135. The second kappa shape index (κ2) is 9.65. The molecule has 0 aromatic heterocycles. The standard InChI is InChI=1S/C18H19ClN2O7/c1-25-14-10-13(15(21(23)24)17(27-3)16(14)26-2)18(22)20-8-9-28-12-6-4-11(19)5-7-12/h4-7,10H,8-9H2,1-3H3,(H,20,22). The van der Waals surface area contributed by atoms with Crippen molar-refractivity contribution in [1.29, 1.82) is 0 Å². The van der Waals surface area contributed by atoms with Crippen molar-refractivity contribution in [1.82, 2.24) is 5.32 Å². The summed E-state index contributed by atoms with van der Waals surface area (Å²) in [7, 11) is 3.91. The highest BCUT2D eigenvalue weighted by molar-refractivity contribution is 6.30. The zero-order valence-corrected chi connectivity index (χ0v) is 16.2. The van der Waals surface area contributed by atoms with Crippen LogP contribution in [0.1, 0.15) is 10.4 Å². The number of nitro benzene ring substituents is 1. The Balaban J connectivity index is 2.17. The number of carbonyl (C=O) groups is 1. The first kappa shape index (κ1) is 21.1. The summed E-state index contributed by atoms with van der Waals surface area (Å²) in [5.41, 5.74) is -0.734. The van der Waals surface area contributed by atoms with Crippen molar-refractivity contribution in [3.8, 4) is 23.0 Å². The molecule has 2 rings (SSSR count). The topological polar surface area (TPSA) is 109 Å². The number of hydrogen-bond donors (Lipinski definition) is 1. The average Bonchev–Trinajstić information content (AvgIpc) is 2.70. The summed E-state index contributed by atoms with van der Waals surface area (Å²) >= 11 is 5.80. The normalized spacial score (nSPS) is 10.1. The molecule has 0 saturated carbocycles. The van der Waals surface area contributed by atoms with Crippen LogP contribution < -0.4 is 24.3 Å². The third-order valence-corrected chi connectivity index (χ3v) is 3.95. The van der Waals surface area contributed by atoms with E-state index in [0.717, 1.165) is 0 Å². The van der Waals surface area contributed by atoms with Gasteiger partial charge in [0.15, 0.2) is 5.75 Å². The van der Waals surface area contributed by atoms with Gasteiger partial charge in [-0.3, -0.25) is 14.9 Å². The van der Waals surface area contributed by atoms with E-state index >= 15 is 0 Å². The minimum atomic E-state index is -0.708. The van der Waals surface area contributed by atoms with Gasteiger partial charge in [-0.25, -0.2) is 0 Å². The van der Waals surface area contributed by atoms with Crippen LogP contribution in [-0.4, -0.2) is 45.3 Å². The van der Waals surface area contributed by atoms with E-state index in [1.54, 1.807) is 24.3 Å². The maximum atomic E-state index is 12.5. The van der Waals surface area contributed by atoms with Crippen molar-refractivity contribution >= 4 is 23.2 Å². The minimum Gasteiger partial charge on any atom is -0.493 e. The van der Waals surface area contributed by atoms with Gasteiger partial charge >= 0.3 is 5.69 Å². The van der Waals surface area contributed by atoms with Crippen molar-refractivity contribution in [2.45, 2.75) is 0 Å². The van der Waals surface area contributed by atoms with Gasteiger partial charge in [0.1, 0.15) is 17.9 Å². The number of halogens is 1. The summed E-state index contributed by atoms with van der Waals surface area (Å²) in [6.45, 7) is 0.279. The molecule has 0 fully saturated rings. The van der Waals surface area contributed by atoms with Gasteiger partial charge in [0.05, 0.1) is 32.8 Å². The van der Waals surface area contributed by atoms with Crippen molar-refractivity contribution in [2.24, 2.45) is 0 Å². The number of nitro groups is 1. The lowest BCUT2D eigenvalue weighted by Gasteiger charge is -2.15. The Hall–Kier alpha value is -3.20. The molecule has 150 valence electrons. The number of amides is 1. The number of nitrogens with one attached hydrogen (secondary N) is 1. The number of nitrogens with zero attached hydrogens (tertiary/aromatic N) is 1. The second-order valence-corrected chi connectivity index (χ2v) is 5.79. The lowest BCUT2D eigenvalue weighted by Crippen LogP contribution is -2.28. The molecule has 0 spiro atoms. The van der Waals surface area contributed by atoms with Crippen LogP contribution in [0.4, 0.5) is 5.69 Å². The molecule has 0 saturated heterocycles. The van der Waals surface area contributed by atoms with Gasteiger partial charge < -0.3 is 24.3 Å². The van der Waals surface area contributed by atoms with E-state index in [9.17, 15) is 14.9 Å². The lowest BCUT2D eigenvalue weighted by molar-refractivity contribution is -0.386. The molecule has 0 heterocycles. The highest BCUT2D eigenvalue weighted by Crippen LogP contribution is 2.46. The number of methoxy groups -OCH3 is 3. The Bertz CT molecular complexity index is 856. The molecule has 9 nitrogen and oxygen atoms in total. The van der Waals surface area contributed by atoms with Gasteiger partial charge in [-0.2, -0.15) is 0 Å². The molecule has 0 aliphatic heterocycles. The first-order valence-electron chi connectivity index (χ1n) is 8.06. The molecule has 0 aliphatic carbocycles. The first-order chi connectivity index (χ1) is 13.4. The highest BCUT2D eigenvalue weighted by Gasteiger charge is 2.32. The maximum Gasteiger partial charge on any atom is 0.327 e. The molecule has 0 atom stereocenters. The van der Waals surface area contributed by atoms with Crippen molar-refractivity contribution in [2.75, 3.05) is 34.5 Å². The van der Waals surface area contributed by atoms with Crippen molar-refractivity contribution < 1.29 is 28.7 Å². The zero-order valence-electron chi connectivity index (χ0n) is 15.5. The fraction of sp³-hybridized carbons (Fsp3) is 0.278. The Morgan fingerprint density at radius 1 is 1.11 bits per heavy atom. The second-order valence-electron chi connectivity index (χ2n) is 5.36. The van der Waals surface area contributed by atoms with Crippen LogP contribution in [0.15, 0.2) is 30.3 Å². The SMILES string of the molecule is COc1cc(C(=O)NCCOc2ccc(Cl)cc2)c([N+](=O)[O-])c(OC)c1OC. The number of benzene rings is 2. The van der Waals surface area contributed by atoms with Crippen molar-refractivity contribution in [3.63, 3.8) is 0 Å². The fourth-order valence-corrected chi connectivity index (χ4v) is 2.58. The molecule has 1 amide bonds. The molecule has 10 heteroatoms. The van der Waals surface area contributed by atoms with Crippen LogP contribution in [0.25, 0.3) is 0 Å². The fourth-order valence-electron chi connectivity index (χ4n) is 2.45. The summed E-state index contributed by atoms with van der Waals surface area (Å²) in [6, 6.07) is 7.96. The van der Waals surface area contributed by atoms with Gasteiger partial charge in [-0.05, 0) is 24.3 Å². The molecule has 0 unspecified atom stereocenters. The van der Waals surface area contributed by atoms with Crippen LogP contribution in [0.3, 0.4) is 0 Å². The molecular formula is C18H19ClN2O7. The van der Waals surface area contributed by atoms with Crippen LogP contribution >= 0.6 is 11.6 Å². The van der Waals surface area contributed by atoms with Gasteiger partial charge in [0, 0.05) is 11.1 Å². The van der Waals surface area contributed by atoms with Crippen LogP contribution in [0.2, 0.25) is 5.02 Å². The van der Waals surface area contributed by atoms with E-state index in [0.29, 0.717) is 10.8 Å². The Kier molecular flexibility index (Phi) is 7.28. The summed E-state index contributed by atoms with van der Waals surface area (Å²) < 4.78 is 20.8. The average molecular weight is 411 g/mol. The maximum absolute atomic E-state index is 12.5. The third-order valence-electron chi connectivity index (χ3n) is 3.70. The van der Waals surface area contributed by atoms with Gasteiger partial charge in [-0.15, -0.1) is 0 Å². The zero-order chi connectivity index (χ0) is 20.7. The predicted molar refractivity (Wildman–Crippen MR) is 102 cm³/mol. The number of rotatable bonds is 9. The van der Waals surface area contributed by atoms with E-state index in [1.165, 1.54) is 27.4 Å². The molecule has 0 bridgehead atoms. The molecule has 0 aliphatic rings. The highest BCUT2D eigenvalue weighted by atomic mass is 35.5. The molecule has 2 aromatic carbocycles. The Labute approximate surface area is 166 Å². The smallest absolute Gasteiger partial charge is 0.327 e. The third kappa shape index (κ3) is 4.74. The summed E-state index contributed by atoms with van der Waals surface area (Å²) in [5, 5.41) is 14.7. The van der Waals surface area contributed by atoms with Crippen LogP contribution in [0, 0.1) is 10.1 Å². The summed E-state index contributed by atoms with van der Waals surface area (Å²) in [4.78, 5) is 23.3. The summed E-state index contributed by atoms with van der Waals surface area (Å²) in [6.07, 6.45) is 0. The molecule has 1 N–H and O–H groups in total. The largest absolute Gasteiger partial charge is 0.493 e. The number of hydrogen-bond acceptors (Lipinski definition) is 7. The quantitative estimate of drug-likeness (QED) is 0.384. The van der Waals surface area contributed by atoms with E-state index in [2.05, 4.69) is 5.32 Å². The van der Waals surface area contributed by atoms with E-state index in [1.807, 2.05) is 0 Å². The van der Waals surface area contributed by atoms with E-state index in [4.69, 9.17) is 30.5 Å². The van der Waals surface area contributed by atoms with Crippen LogP contribution in [0.5, 0.6) is 23.0 Å². The molecular weight excluding hydrogens is 392 g/mol. The van der Waals surface area contributed by atoms with Crippen LogP contribution in [-0.2, 0) is 0 Å². The van der Waals surface area contributed by atoms with Gasteiger partial charge in [-0.1, -0.05) is 11.6 Å². The van der Waals surface area contributed by atoms with Crippen molar-refractivity contribution in [3.05, 3.63) is 51.0 Å². The predicted octanol–water partition coefficient (Wildman–Crippen LogP) is 3.08. The van der Waals surface area contributed by atoms with E-state index in [-0.39, 0.29) is 36.0 Å². The minimum absolute atomic E-state index is 0.0271. The van der Waals surface area contributed by atoms with Gasteiger partial charge in [0.2, 0.25) is 11.5 Å². The Morgan fingerprint density at radius 3 is 2.29 bits per heavy atom. The number of carbonyl (C=O) groups excluding carboxylic acids is 1. The molecule has 28 heavy (non-hydrogen) atoms. The lowest BCUT2D eigenvalue weighted by atomic mass is 10.1. The monoisotopic (exact) mass is 410 g/mol. The first-order valence-corrected chi connectivity index (χ1v) is 8.44. The Morgan fingerprint density at radius 2 is 1.75 bits per heavy atom. The van der Waals surface area contributed by atoms with E-state index < -0.39 is 16.5 Å². The number of ether oxygens (including phenoxy) is 4. The molecule has 0 radical (unpaired) electrons. The van der Waals surface area contributed by atoms with Gasteiger partial charge in [0.25, 0.3) is 5.91 Å². The molecule has 2 aromatic rings.